The lowest BCUT2D eigenvalue weighted by atomic mass is 10.1. The highest BCUT2D eigenvalue weighted by Gasteiger charge is 2.46. The number of benzene rings is 1. The Kier molecular flexibility index (Phi) is 4.49. The summed E-state index contributed by atoms with van der Waals surface area (Å²) in [6, 6.07) is 7.38. The molecular weight excluding hydrogens is 280 g/mol. The van der Waals surface area contributed by atoms with Gasteiger partial charge in [0, 0.05) is 11.3 Å². The van der Waals surface area contributed by atoms with Crippen molar-refractivity contribution in [2.24, 2.45) is 0 Å². The first-order valence-electron chi connectivity index (χ1n) is 6.61. The van der Waals surface area contributed by atoms with Gasteiger partial charge in [-0.05, 0) is 6.92 Å². The zero-order chi connectivity index (χ0) is 14.8. The van der Waals surface area contributed by atoms with Crippen molar-refractivity contribution in [2.75, 3.05) is 24.7 Å². The van der Waals surface area contributed by atoms with Gasteiger partial charge in [-0.3, -0.25) is 0 Å². The van der Waals surface area contributed by atoms with E-state index < -0.39 is 21.7 Å². The molecule has 0 radical (unpaired) electrons. The second-order valence-electron chi connectivity index (χ2n) is 5.03. The van der Waals surface area contributed by atoms with Gasteiger partial charge in [-0.25, -0.2) is 8.42 Å². The zero-order valence-electron chi connectivity index (χ0n) is 11.7. The summed E-state index contributed by atoms with van der Waals surface area (Å²) in [6.45, 7) is 3.53. The molecule has 6 heteroatoms. The average Bonchev–Trinajstić information content (AvgIpc) is 2.83. The maximum atomic E-state index is 12.0. The molecule has 1 saturated heterocycles. The monoisotopic (exact) mass is 300 g/mol. The molecule has 0 amide bonds. The number of hydrogen-bond acceptors (Lipinski definition) is 5. The first kappa shape index (κ1) is 15.4. The summed E-state index contributed by atoms with van der Waals surface area (Å²) in [5, 5.41) is 9.19. The number of sulfone groups is 1. The molecular formula is C14H20O5S. The molecule has 0 saturated carbocycles. The van der Waals surface area contributed by atoms with E-state index in [1.165, 1.54) is 0 Å². The SMILES string of the molecule is CCS(=O)(=O)C[C@@]1(c2ccc(C)cc2)OC[C@H](CO)O1. The molecule has 0 aromatic heterocycles. The van der Waals surface area contributed by atoms with Crippen molar-refractivity contribution in [3.8, 4) is 0 Å². The van der Waals surface area contributed by atoms with Crippen molar-refractivity contribution in [3.63, 3.8) is 0 Å². The Morgan fingerprint density at radius 3 is 2.50 bits per heavy atom. The van der Waals surface area contributed by atoms with E-state index >= 15 is 0 Å². The quantitative estimate of drug-likeness (QED) is 0.878. The van der Waals surface area contributed by atoms with Crippen molar-refractivity contribution < 1.29 is 23.0 Å². The van der Waals surface area contributed by atoms with Gasteiger partial charge >= 0.3 is 0 Å². The van der Waals surface area contributed by atoms with E-state index in [1.807, 2.05) is 19.1 Å². The number of aliphatic hydroxyl groups is 1. The van der Waals surface area contributed by atoms with E-state index in [-0.39, 0.29) is 24.7 Å². The Hall–Kier alpha value is -0.950. The van der Waals surface area contributed by atoms with Crippen LogP contribution in [0.25, 0.3) is 0 Å². The maximum Gasteiger partial charge on any atom is 0.209 e. The van der Waals surface area contributed by atoms with Crippen LogP contribution in [0.15, 0.2) is 24.3 Å². The summed E-state index contributed by atoms with van der Waals surface area (Å²) in [4.78, 5) is 0. The minimum Gasteiger partial charge on any atom is -0.394 e. The summed E-state index contributed by atoms with van der Waals surface area (Å²) in [5.41, 5.74) is 1.73. The normalized spacial score (nSPS) is 26.9. The fraction of sp³-hybridized carbons (Fsp3) is 0.571. The number of aliphatic hydroxyl groups excluding tert-OH is 1. The molecule has 1 aromatic rings. The minimum atomic E-state index is -3.28. The molecule has 0 unspecified atom stereocenters. The molecule has 20 heavy (non-hydrogen) atoms. The van der Waals surface area contributed by atoms with Crippen LogP contribution in [0.5, 0.6) is 0 Å². The van der Waals surface area contributed by atoms with E-state index in [0.717, 1.165) is 5.56 Å². The largest absolute Gasteiger partial charge is 0.394 e. The number of hydrogen-bond donors (Lipinski definition) is 1. The van der Waals surface area contributed by atoms with E-state index in [1.54, 1.807) is 19.1 Å². The lowest BCUT2D eigenvalue weighted by Gasteiger charge is -2.28. The molecule has 1 aromatic carbocycles. The van der Waals surface area contributed by atoms with Gasteiger partial charge in [0.15, 0.2) is 9.84 Å². The van der Waals surface area contributed by atoms with Gasteiger partial charge in [0.05, 0.1) is 13.2 Å². The number of aryl methyl sites for hydroxylation is 1. The van der Waals surface area contributed by atoms with Crippen LogP contribution < -0.4 is 0 Å². The molecule has 1 aliphatic rings. The molecule has 0 aliphatic carbocycles. The van der Waals surface area contributed by atoms with Crippen LogP contribution in [-0.2, 0) is 25.1 Å². The average molecular weight is 300 g/mol. The topological polar surface area (TPSA) is 72.8 Å². The van der Waals surface area contributed by atoms with Crippen molar-refractivity contribution in [1.29, 1.82) is 0 Å². The molecule has 112 valence electrons. The molecule has 2 rings (SSSR count). The van der Waals surface area contributed by atoms with E-state index in [4.69, 9.17) is 9.47 Å². The molecule has 0 bridgehead atoms. The zero-order valence-corrected chi connectivity index (χ0v) is 12.5. The second kappa shape index (κ2) is 5.81. The van der Waals surface area contributed by atoms with Gasteiger partial charge in [-0.2, -0.15) is 0 Å². The third-order valence-electron chi connectivity index (χ3n) is 3.40. The molecule has 1 fully saturated rings. The van der Waals surface area contributed by atoms with Crippen LogP contribution in [0.3, 0.4) is 0 Å². The first-order chi connectivity index (χ1) is 9.41. The Morgan fingerprint density at radius 1 is 1.35 bits per heavy atom. The van der Waals surface area contributed by atoms with Gasteiger partial charge in [0.1, 0.15) is 11.9 Å². The van der Waals surface area contributed by atoms with Crippen LogP contribution in [0.1, 0.15) is 18.1 Å². The van der Waals surface area contributed by atoms with Gasteiger partial charge < -0.3 is 14.6 Å². The molecule has 1 heterocycles. The smallest absolute Gasteiger partial charge is 0.209 e. The summed E-state index contributed by atoms with van der Waals surface area (Å²) >= 11 is 0. The van der Waals surface area contributed by atoms with E-state index in [9.17, 15) is 13.5 Å². The van der Waals surface area contributed by atoms with Crippen LogP contribution in [-0.4, -0.2) is 44.3 Å². The third kappa shape index (κ3) is 3.20. The number of ether oxygens (including phenoxy) is 2. The van der Waals surface area contributed by atoms with Crippen LogP contribution >= 0.6 is 0 Å². The van der Waals surface area contributed by atoms with Gasteiger partial charge in [0.2, 0.25) is 5.79 Å². The number of rotatable bonds is 5. The molecule has 2 atom stereocenters. The Bertz CT molecular complexity index is 551. The summed E-state index contributed by atoms with van der Waals surface area (Å²) in [6.07, 6.45) is -0.497. The lowest BCUT2D eigenvalue weighted by molar-refractivity contribution is -0.162. The fourth-order valence-corrected chi connectivity index (χ4v) is 3.27. The predicted molar refractivity (Wildman–Crippen MR) is 75.1 cm³/mol. The van der Waals surface area contributed by atoms with Gasteiger partial charge in [-0.1, -0.05) is 36.8 Å². The van der Waals surface area contributed by atoms with Crippen LogP contribution in [0, 0.1) is 6.92 Å². The minimum absolute atomic E-state index is 0.0249. The molecule has 1 aliphatic heterocycles. The highest BCUT2D eigenvalue weighted by Crippen LogP contribution is 2.36. The van der Waals surface area contributed by atoms with Crippen LogP contribution in [0.4, 0.5) is 0 Å². The molecule has 0 spiro atoms. The third-order valence-corrected chi connectivity index (χ3v) is 5.10. The van der Waals surface area contributed by atoms with Crippen molar-refractivity contribution in [1.82, 2.24) is 0 Å². The van der Waals surface area contributed by atoms with Crippen molar-refractivity contribution in [2.45, 2.75) is 25.7 Å². The van der Waals surface area contributed by atoms with E-state index in [2.05, 4.69) is 0 Å². The van der Waals surface area contributed by atoms with Crippen molar-refractivity contribution in [3.05, 3.63) is 35.4 Å². The second-order valence-corrected chi connectivity index (χ2v) is 7.38. The first-order valence-corrected chi connectivity index (χ1v) is 8.43. The Labute approximate surface area is 119 Å². The van der Waals surface area contributed by atoms with Crippen LogP contribution in [0.2, 0.25) is 0 Å². The Balaban J connectivity index is 2.37. The Morgan fingerprint density at radius 2 is 2.00 bits per heavy atom. The lowest BCUT2D eigenvalue weighted by Crippen LogP contribution is -2.37. The summed E-state index contributed by atoms with van der Waals surface area (Å²) in [7, 11) is -3.28. The maximum absolute atomic E-state index is 12.0. The van der Waals surface area contributed by atoms with E-state index in [0.29, 0.717) is 5.56 Å². The molecule has 1 N–H and O–H groups in total. The predicted octanol–water partition coefficient (Wildman–Crippen LogP) is 0.990. The molecule has 5 nitrogen and oxygen atoms in total. The highest BCUT2D eigenvalue weighted by atomic mass is 32.2. The van der Waals surface area contributed by atoms with Gasteiger partial charge in [-0.15, -0.1) is 0 Å². The standard InChI is InChI=1S/C14H20O5S/c1-3-20(16,17)10-14(18-9-13(8-15)19-14)12-6-4-11(2)5-7-12/h4-7,13,15H,3,8-10H2,1-2H3/t13-,14+/m0/s1. The summed E-state index contributed by atoms with van der Waals surface area (Å²) < 4.78 is 35.3. The van der Waals surface area contributed by atoms with Crippen molar-refractivity contribution >= 4 is 9.84 Å². The van der Waals surface area contributed by atoms with Gasteiger partial charge in [0.25, 0.3) is 0 Å². The summed E-state index contributed by atoms with van der Waals surface area (Å²) in [5.74, 6) is -1.52. The fourth-order valence-electron chi connectivity index (χ4n) is 2.16. The highest BCUT2D eigenvalue weighted by molar-refractivity contribution is 7.91.